The zero-order valence-electron chi connectivity index (χ0n) is 19.1. The average molecular weight is 454 g/mol. The molecular weight excluding hydrogens is 419 g/mol. The van der Waals surface area contributed by atoms with Gasteiger partial charge in [-0.2, -0.15) is 13.2 Å². The number of halogens is 3. The number of aryl methyl sites for hydroxylation is 1. The third kappa shape index (κ3) is 4.85. The first-order valence-electron chi connectivity index (χ1n) is 11.8. The summed E-state index contributed by atoms with van der Waals surface area (Å²) in [7, 11) is 0. The summed E-state index contributed by atoms with van der Waals surface area (Å²) in [5.41, 5.74) is 4.40. The van der Waals surface area contributed by atoms with Crippen LogP contribution in [0.4, 0.5) is 23.7 Å². The number of para-hydroxylation sites is 1. The number of benzene rings is 1. The molecule has 0 N–H and O–H groups in total. The molecule has 0 radical (unpaired) electrons. The van der Waals surface area contributed by atoms with E-state index in [0.717, 1.165) is 65.3 Å². The van der Waals surface area contributed by atoms with Gasteiger partial charge < -0.3 is 14.5 Å². The normalized spacial score (nSPS) is 22.2. The van der Waals surface area contributed by atoms with Crippen LogP contribution < -0.4 is 4.90 Å². The maximum Gasteiger partial charge on any atom is 0.425 e. The molecule has 1 unspecified atom stereocenters. The van der Waals surface area contributed by atoms with Gasteiger partial charge in [0.25, 0.3) is 0 Å². The van der Waals surface area contributed by atoms with Crippen LogP contribution in [0.5, 0.6) is 0 Å². The maximum atomic E-state index is 12.7. The quantitative estimate of drug-likeness (QED) is 0.654. The van der Waals surface area contributed by atoms with Gasteiger partial charge in [-0.05, 0) is 69.0 Å². The van der Waals surface area contributed by atoms with Crippen LogP contribution in [0, 0.1) is 5.41 Å². The highest BCUT2D eigenvalue weighted by atomic mass is 19.4. The minimum atomic E-state index is -4.53. The molecule has 0 aromatic heterocycles. The van der Waals surface area contributed by atoms with Gasteiger partial charge in [0.1, 0.15) is 0 Å². The predicted octanol–water partition coefficient (Wildman–Crippen LogP) is 4.83. The summed E-state index contributed by atoms with van der Waals surface area (Å²) in [5, 5.41) is 0. The number of anilines is 1. The molecule has 3 aliphatic heterocycles. The molecule has 2 fully saturated rings. The molecule has 178 valence electrons. The van der Waals surface area contributed by atoms with Crippen molar-refractivity contribution in [3.05, 3.63) is 29.3 Å². The number of alkyl halides is 3. The van der Waals surface area contributed by atoms with Gasteiger partial charge in [-0.25, -0.2) is 4.79 Å². The van der Waals surface area contributed by atoms with E-state index in [0.29, 0.717) is 13.1 Å². The highest BCUT2D eigenvalue weighted by Gasteiger charge is 2.44. The smallest absolute Gasteiger partial charge is 0.425 e. The lowest BCUT2D eigenvalue weighted by atomic mass is 9.78. The number of likely N-dealkylation sites (tertiary alicyclic amines) is 2. The van der Waals surface area contributed by atoms with Crippen molar-refractivity contribution in [1.29, 1.82) is 0 Å². The molecule has 0 aliphatic carbocycles. The molecule has 3 aliphatic rings. The molecule has 1 aromatic rings. The maximum absolute atomic E-state index is 12.7. The molecular formula is C24H34F3N3O2. The molecule has 5 nitrogen and oxygen atoms in total. The first-order valence-corrected chi connectivity index (χ1v) is 11.8. The van der Waals surface area contributed by atoms with Crippen LogP contribution in [0.25, 0.3) is 0 Å². The predicted molar refractivity (Wildman–Crippen MR) is 118 cm³/mol. The number of hydrogen-bond donors (Lipinski definition) is 0. The van der Waals surface area contributed by atoms with Gasteiger partial charge in [0.15, 0.2) is 6.10 Å². The molecule has 0 saturated carbocycles. The third-order valence-electron chi connectivity index (χ3n) is 7.51. The zero-order valence-corrected chi connectivity index (χ0v) is 19.1. The summed E-state index contributed by atoms with van der Waals surface area (Å²) in [6, 6.07) is 6.67. The minimum Gasteiger partial charge on any atom is -0.437 e. The molecule has 3 heterocycles. The Morgan fingerprint density at radius 3 is 2.56 bits per heavy atom. The first kappa shape index (κ1) is 23.2. The molecule has 1 atom stereocenters. The van der Waals surface area contributed by atoms with Crippen molar-refractivity contribution >= 4 is 11.8 Å². The summed E-state index contributed by atoms with van der Waals surface area (Å²) in [5.74, 6) is 0. The van der Waals surface area contributed by atoms with Crippen molar-refractivity contribution in [2.75, 3.05) is 44.2 Å². The van der Waals surface area contributed by atoms with E-state index in [9.17, 15) is 18.0 Å². The number of amides is 1. The number of ether oxygens (including phenoxy) is 1. The van der Waals surface area contributed by atoms with E-state index in [4.69, 9.17) is 0 Å². The Bertz CT molecular complexity index is 821. The average Bonchev–Trinajstić information content (AvgIpc) is 3.15. The van der Waals surface area contributed by atoms with E-state index in [-0.39, 0.29) is 5.41 Å². The van der Waals surface area contributed by atoms with Gasteiger partial charge in [0.2, 0.25) is 0 Å². The van der Waals surface area contributed by atoms with E-state index < -0.39 is 18.4 Å². The van der Waals surface area contributed by atoms with Gasteiger partial charge >= 0.3 is 12.3 Å². The Morgan fingerprint density at radius 2 is 1.88 bits per heavy atom. The van der Waals surface area contributed by atoms with Crippen LogP contribution in [-0.4, -0.2) is 67.4 Å². The highest BCUT2D eigenvalue weighted by molar-refractivity contribution is 5.68. The molecule has 1 spiro atoms. The van der Waals surface area contributed by atoms with Gasteiger partial charge in [-0.15, -0.1) is 0 Å². The lowest BCUT2D eigenvalue weighted by Crippen LogP contribution is -2.46. The Labute approximate surface area is 188 Å². The fourth-order valence-corrected chi connectivity index (χ4v) is 5.54. The topological polar surface area (TPSA) is 36.0 Å². The van der Waals surface area contributed by atoms with Crippen LogP contribution in [0.1, 0.15) is 50.7 Å². The molecule has 1 aromatic carbocycles. The number of rotatable bonds is 4. The lowest BCUT2D eigenvalue weighted by molar-refractivity contribution is -0.200. The van der Waals surface area contributed by atoms with Crippen molar-refractivity contribution in [3.63, 3.8) is 0 Å². The number of piperidine rings is 1. The highest BCUT2D eigenvalue weighted by Crippen LogP contribution is 2.42. The summed E-state index contributed by atoms with van der Waals surface area (Å²) < 4.78 is 42.7. The van der Waals surface area contributed by atoms with Gasteiger partial charge in [0.05, 0.1) is 0 Å². The Hall–Kier alpha value is -1.96. The first-order chi connectivity index (χ1) is 15.2. The van der Waals surface area contributed by atoms with E-state index >= 15 is 0 Å². The second-order valence-corrected chi connectivity index (χ2v) is 9.62. The zero-order chi connectivity index (χ0) is 22.9. The lowest BCUT2D eigenvalue weighted by Gasteiger charge is -2.39. The number of hydrogen-bond acceptors (Lipinski definition) is 4. The molecule has 1 amide bonds. The molecule has 8 heteroatoms. The molecule has 32 heavy (non-hydrogen) atoms. The van der Waals surface area contributed by atoms with Crippen LogP contribution in [-0.2, 0) is 17.7 Å². The number of nitrogens with zero attached hydrogens (tertiary/aromatic N) is 3. The molecule has 2 saturated heterocycles. The van der Waals surface area contributed by atoms with Crippen molar-refractivity contribution in [1.82, 2.24) is 9.80 Å². The van der Waals surface area contributed by atoms with Crippen LogP contribution >= 0.6 is 0 Å². The number of fused-ring (bicyclic) bond motifs is 1. The van der Waals surface area contributed by atoms with Crippen molar-refractivity contribution in [2.24, 2.45) is 5.41 Å². The summed E-state index contributed by atoms with van der Waals surface area (Å²) >= 11 is 0. The van der Waals surface area contributed by atoms with E-state index in [1.54, 1.807) is 0 Å². The standard InChI is InChI=1S/C24H34F3N3O2/c1-3-29-12-5-8-19-6-4-7-20(21(19)29)16-28-13-9-23(17-28)10-14-30(15-11-23)22(31)32-18(2)24(25,26)27/h4,6-7,18H,3,5,8-17H2,1-2H3. The van der Waals surface area contributed by atoms with E-state index in [1.807, 2.05) is 0 Å². The van der Waals surface area contributed by atoms with Crippen LogP contribution in [0.2, 0.25) is 0 Å². The van der Waals surface area contributed by atoms with Gasteiger partial charge in [0, 0.05) is 45.0 Å². The second-order valence-electron chi connectivity index (χ2n) is 9.62. The van der Waals surface area contributed by atoms with E-state index in [2.05, 4.69) is 39.7 Å². The number of carbonyl (C=O) groups is 1. The Kier molecular flexibility index (Phi) is 6.61. The minimum absolute atomic E-state index is 0.145. The Balaban J connectivity index is 1.34. The van der Waals surface area contributed by atoms with Crippen molar-refractivity contribution < 1.29 is 22.7 Å². The number of carbonyl (C=O) groups excluding carboxylic acids is 1. The summed E-state index contributed by atoms with van der Waals surface area (Å²) in [6.45, 7) is 9.07. The summed E-state index contributed by atoms with van der Waals surface area (Å²) in [6.07, 6.45) is -2.41. The van der Waals surface area contributed by atoms with Crippen LogP contribution in [0.15, 0.2) is 18.2 Å². The van der Waals surface area contributed by atoms with E-state index in [1.165, 1.54) is 28.1 Å². The molecule has 4 rings (SSSR count). The summed E-state index contributed by atoms with van der Waals surface area (Å²) in [4.78, 5) is 18.6. The largest absolute Gasteiger partial charge is 0.437 e. The Morgan fingerprint density at radius 1 is 1.16 bits per heavy atom. The van der Waals surface area contributed by atoms with Gasteiger partial charge in [-0.3, -0.25) is 4.90 Å². The van der Waals surface area contributed by atoms with Crippen LogP contribution in [0.3, 0.4) is 0 Å². The molecule has 0 bridgehead atoms. The second kappa shape index (κ2) is 9.12. The van der Waals surface area contributed by atoms with Crippen molar-refractivity contribution in [3.8, 4) is 0 Å². The van der Waals surface area contributed by atoms with Crippen molar-refractivity contribution in [2.45, 2.75) is 64.8 Å². The van der Waals surface area contributed by atoms with Gasteiger partial charge in [-0.1, -0.05) is 18.2 Å². The third-order valence-corrected chi connectivity index (χ3v) is 7.51. The monoisotopic (exact) mass is 453 g/mol. The fourth-order valence-electron chi connectivity index (χ4n) is 5.54. The SMILES string of the molecule is CCN1CCCc2cccc(CN3CCC4(CCN(C(=O)OC(C)C(F)(F)F)CC4)C3)c21. The fraction of sp³-hybridized carbons (Fsp3) is 0.708.